The van der Waals surface area contributed by atoms with Crippen molar-refractivity contribution in [2.45, 2.75) is 39.3 Å². The van der Waals surface area contributed by atoms with Crippen molar-refractivity contribution in [3.05, 3.63) is 0 Å². The number of amides is 1. The van der Waals surface area contributed by atoms with Gasteiger partial charge in [0, 0.05) is 31.6 Å². The molecule has 2 N–H and O–H groups in total. The fraction of sp³-hybridized carbons (Fsp3) is 0.842. The molecular formula is C19H34N3O9P. The van der Waals surface area contributed by atoms with Crippen molar-refractivity contribution in [1.82, 2.24) is 15.3 Å². The summed E-state index contributed by atoms with van der Waals surface area (Å²) in [6.07, 6.45) is -1.12. The molecule has 0 saturated carbocycles. The zero-order valence-electron chi connectivity index (χ0n) is 19.1. The highest BCUT2D eigenvalue weighted by atomic mass is 31.2. The second kappa shape index (κ2) is 12.1. The number of esters is 2. The molecule has 2 saturated heterocycles. The Labute approximate surface area is 188 Å². The molecule has 3 atom stereocenters. The minimum absolute atomic E-state index is 0.00483. The average molecular weight is 479 g/mol. The van der Waals surface area contributed by atoms with Gasteiger partial charge in [0.1, 0.15) is 12.6 Å². The maximum atomic E-state index is 13.1. The molecule has 0 aromatic rings. The first-order valence-corrected chi connectivity index (χ1v) is 12.1. The lowest BCUT2D eigenvalue weighted by atomic mass is 9.87. The van der Waals surface area contributed by atoms with Crippen LogP contribution in [0.25, 0.3) is 0 Å². The highest BCUT2D eigenvalue weighted by Gasteiger charge is 2.49. The molecule has 0 aromatic carbocycles. The predicted molar refractivity (Wildman–Crippen MR) is 113 cm³/mol. The van der Waals surface area contributed by atoms with Gasteiger partial charge < -0.3 is 19.5 Å². The number of carbonyl (C=O) groups is 3. The zero-order chi connectivity index (χ0) is 23.8. The summed E-state index contributed by atoms with van der Waals surface area (Å²) < 4.78 is 39.0. The van der Waals surface area contributed by atoms with Gasteiger partial charge in [0.2, 0.25) is 5.91 Å². The van der Waals surface area contributed by atoms with E-state index < -0.39 is 43.2 Å². The molecule has 12 nitrogen and oxygen atoms in total. The van der Waals surface area contributed by atoms with Gasteiger partial charge in [-0.05, 0) is 6.92 Å². The number of hydrogen-bond donors (Lipinski definition) is 2. The van der Waals surface area contributed by atoms with E-state index in [1.807, 2.05) is 0 Å². The van der Waals surface area contributed by atoms with E-state index in [9.17, 15) is 18.9 Å². The second-order valence-corrected chi connectivity index (χ2v) is 10.1. The first-order chi connectivity index (χ1) is 15.1. The molecule has 0 aromatic heterocycles. The molecule has 2 aliphatic heterocycles. The van der Waals surface area contributed by atoms with Crippen LogP contribution in [0.1, 0.15) is 27.2 Å². The van der Waals surface area contributed by atoms with Crippen LogP contribution >= 0.6 is 7.75 Å². The van der Waals surface area contributed by atoms with E-state index in [4.69, 9.17) is 18.5 Å². The summed E-state index contributed by atoms with van der Waals surface area (Å²) in [7, 11) is -2.70. The molecule has 13 heteroatoms. The summed E-state index contributed by atoms with van der Waals surface area (Å²) in [6, 6.07) is -0.977. The Balaban J connectivity index is 1.85. The third-order valence-corrected chi connectivity index (χ3v) is 6.78. The topological polar surface area (TPSA) is 142 Å². The Morgan fingerprint density at radius 3 is 2.59 bits per heavy atom. The number of nitrogens with one attached hydrogen (secondary N) is 2. The third kappa shape index (κ3) is 8.09. The van der Waals surface area contributed by atoms with Crippen LogP contribution in [0.4, 0.5) is 0 Å². The molecule has 0 bridgehead atoms. The minimum atomic E-state index is -3.96. The fourth-order valence-electron chi connectivity index (χ4n) is 3.11. The Morgan fingerprint density at radius 1 is 1.25 bits per heavy atom. The van der Waals surface area contributed by atoms with E-state index >= 15 is 0 Å². The summed E-state index contributed by atoms with van der Waals surface area (Å²) in [6.45, 7) is 8.57. The van der Waals surface area contributed by atoms with E-state index in [0.29, 0.717) is 19.8 Å². The molecule has 32 heavy (non-hydrogen) atoms. The van der Waals surface area contributed by atoms with E-state index in [1.165, 1.54) is 14.0 Å². The van der Waals surface area contributed by atoms with E-state index in [1.54, 1.807) is 13.8 Å². The number of nitrogens with zero attached hydrogens (tertiary/aromatic N) is 1. The quantitative estimate of drug-likeness (QED) is 0.325. The van der Waals surface area contributed by atoms with Crippen LogP contribution in [0.3, 0.4) is 0 Å². The minimum Gasteiger partial charge on any atom is -0.469 e. The van der Waals surface area contributed by atoms with Gasteiger partial charge in [-0.25, -0.2) is 9.65 Å². The summed E-state index contributed by atoms with van der Waals surface area (Å²) in [5.74, 6) is -1.61. The summed E-state index contributed by atoms with van der Waals surface area (Å²) >= 11 is 0. The van der Waals surface area contributed by atoms with Gasteiger partial charge >= 0.3 is 19.7 Å². The maximum Gasteiger partial charge on any atom is 0.407 e. The first-order valence-electron chi connectivity index (χ1n) is 10.6. The molecular weight excluding hydrogens is 445 g/mol. The molecule has 0 aliphatic carbocycles. The largest absolute Gasteiger partial charge is 0.469 e. The predicted octanol–water partition coefficient (Wildman–Crippen LogP) is 0.0689. The highest BCUT2D eigenvalue weighted by molar-refractivity contribution is 7.51. The summed E-state index contributed by atoms with van der Waals surface area (Å²) in [4.78, 5) is 38.2. The van der Waals surface area contributed by atoms with Gasteiger partial charge in [-0.15, -0.1) is 0 Å². The Bertz CT molecular complexity index is 712. The Morgan fingerprint density at radius 2 is 1.94 bits per heavy atom. The van der Waals surface area contributed by atoms with Gasteiger partial charge in [0.15, 0.2) is 6.10 Å². The Hall–Kier alpha value is -1.56. The highest BCUT2D eigenvalue weighted by Crippen LogP contribution is 2.53. The number of carbonyl (C=O) groups excluding carboxylic acids is 3. The van der Waals surface area contributed by atoms with E-state index in [0.717, 1.165) is 13.1 Å². The van der Waals surface area contributed by atoms with Crippen molar-refractivity contribution in [2.75, 3.05) is 59.7 Å². The lowest BCUT2D eigenvalue weighted by Gasteiger charge is -2.40. The molecule has 2 unspecified atom stereocenters. The van der Waals surface area contributed by atoms with Gasteiger partial charge in [-0.1, -0.05) is 13.8 Å². The van der Waals surface area contributed by atoms with E-state index in [-0.39, 0.29) is 26.2 Å². The lowest BCUT2D eigenvalue weighted by molar-refractivity contribution is -0.146. The molecule has 2 heterocycles. The van der Waals surface area contributed by atoms with Crippen LogP contribution in [0, 0.1) is 5.41 Å². The van der Waals surface area contributed by atoms with Crippen molar-refractivity contribution in [1.29, 1.82) is 0 Å². The van der Waals surface area contributed by atoms with Crippen LogP contribution in [-0.4, -0.2) is 94.6 Å². The molecule has 2 fully saturated rings. The molecule has 1 amide bonds. The standard InChI is InChI=1S/C19H34N3O9P/c1-14(18(25)29-12-9-22-7-10-28-11-8-22)21-32(26)30-13-19(2,3)16(31-32)17(24)20-6-5-15(23)27-4/h14,16H,5-13H2,1-4H3,(H,20,24)(H,21,26)/t14?,16-,32?/m0/s1. The third-order valence-electron chi connectivity index (χ3n) is 5.12. The molecule has 0 spiro atoms. The van der Waals surface area contributed by atoms with Crippen molar-refractivity contribution < 1.29 is 42.2 Å². The lowest BCUT2D eigenvalue weighted by Crippen LogP contribution is -2.51. The average Bonchev–Trinajstić information content (AvgIpc) is 2.76. The first kappa shape index (κ1) is 26.7. The number of morpholine rings is 1. The van der Waals surface area contributed by atoms with Gasteiger partial charge in [0.05, 0.1) is 33.4 Å². The van der Waals surface area contributed by atoms with Crippen LogP contribution in [-0.2, 0) is 42.2 Å². The van der Waals surface area contributed by atoms with E-state index in [2.05, 4.69) is 20.0 Å². The number of ether oxygens (including phenoxy) is 3. The Kier molecular flexibility index (Phi) is 10.1. The second-order valence-electron chi connectivity index (χ2n) is 8.33. The van der Waals surface area contributed by atoms with Gasteiger partial charge in [-0.3, -0.25) is 28.3 Å². The van der Waals surface area contributed by atoms with Crippen molar-refractivity contribution in [3.8, 4) is 0 Å². The number of methoxy groups -OCH3 is 1. The zero-order valence-corrected chi connectivity index (χ0v) is 20.0. The fourth-order valence-corrected chi connectivity index (χ4v) is 5.04. The number of hydrogen-bond acceptors (Lipinski definition) is 10. The summed E-state index contributed by atoms with van der Waals surface area (Å²) in [5, 5.41) is 5.11. The van der Waals surface area contributed by atoms with Gasteiger partial charge in [-0.2, -0.15) is 0 Å². The summed E-state index contributed by atoms with van der Waals surface area (Å²) in [5.41, 5.74) is -0.785. The van der Waals surface area contributed by atoms with Crippen LogP contribution in [0.2, 0.25) is 0 Å². The van der Waals surface area contributed by atoms with Crippen molar-refractivity contribution in [3.63, 3.8) is 0 Å². The maximum absolute atomic E-state index is 13.1. The van der Waals surface area contributed by atoms with Crippen LogP contribution in [0.15, 0.2) is 0 Å². The number of rotatable bonds is 10. The van der Waals surface area contributed by atoms with Crippen molar-refractivity contribution >= 4 is 25.6 Å². The molecule has 2 aliphatic rings. The normalized spacial score (nSPS) is 26.7. The monoisotopic (exact) mass is 479 g/mol. The molecule has 2 rings (SSSR count). The van der Waals surface area contributed by atoms with Gasteiger partial charge in [0.25, 0.3) is 0 Å². The smallest absolute Gasteiger partial charge is 0.407 e. The SMILES string of the molecule is COC(=O)CCNC(=O)[C@@H]1OP(=O)(NC(C)C(=O)OCCN2CCOCC2)OCC1(C)C. The molecule has 0 radical (unpaired) electrons. The molecule has 184 valence electrons. The van der Waals surface area contributed by atoms with Crippen molar-refractivity contribution in [2.24, 2.45) is 5.41 Å². The van der Waals surface area contributed by atoms with Crippen LogP contribution < -0.4 is 10.4 Å². The van der Waals surface area contributed by atoms with Crippen LogP contribution in [0.5, 0.6) is 0 Å².